The van der Waals surface area contributed by atoms with Crippen LogP contribution in [0.5, 0.6) is 0 Å². The number of halogens is 2. The highest BCUT2D eigenvalue weighted by atomic mass is 19.3. The number of fused-ring (bicyclic) bond motifs is 2. The first-order valence-corrected chi connectivity index (χ1v) is 9.57. The number of benzene rings is 1. The Balaban J connectivity index is 2.01. The zero-order chi connectivity index (χ0) is 21.0. The fourth-order valence-corrected chi connectivity index (χ4v) is 4.83. The molecule has 0 aliphatic heterocycles. The van der Waals surface area contributed by atoms with Crippen molar-refractivity contribution in [2.24, 2.45) is 11.0 Å². The van der Waals surface area contributed by atoms with E-state index in [-0.39, 0.29) is 16.4 Å². The van der Waals surface area contributed by atoms with Gasteiger partial charge in [-0.3, -0.25) is 4.79 Å². The van der Waals surface area contributed by atoms with Crippen LogP contribution in [0.2, 0.25) is 0 Å². The lowest BCUT2D eigenvalue weighted by atomic mass is 9.85. The monoisotopic (exact) mass is 389 g/mol. The summed E-state index contributed by atoms with van der Waals surface area (Å²) in [6.07, 6.45) is -0.739. The lowest BCUT2D eigenvalue weighted by molar-refractivity contribution is -0.114. The van der Waals surface area contributed by atoms with Gasteiger partial charge in [-0.15, -0.1) is 0 Å². The maximum absolute atomic E-state index is 13.5. The van der Waals surface area contributed by atoms with Crippen LogP contribution in [0.15, 0.2) is 35.5 Å². The molecule has 0 aromatic heterocycles. The summed E-state index contributed by atoms with van der Waals surface area (Å²) in [6, 6.07) is 5.98. The van der Waals surface area contributed by atoms with Crippen molar-refractivity contribution in [3.05, 3.63) is 41.5 Å². The van der Waals surface area contributed by atoms with Crippen molar-refractivity contribution in [1.82, 2.24) is 5.01 Å². The molecule has 1 fully saturated rings. The summed E-state index contributed by atoms with van der Waals surface area (Å²) >= 11 is 0. The highest BCUT2D eigenvalue weighted by Crippen LogP contribution is 2.67. The molecule has 6 heteroatoms. The van der Waals surface area contributed by atoms with E-state index in [0.29, 0.717) is 5.92 Å². The first kappa shape index (κ1) is 20.5. The zero-order valence-electron chi connectivity index (χ0n) is 17.5. The second-order valence-corrected chi connectivity index (χ2v) is 9.00. The van der Waals surface area contributed by atoms with Crippen LogP contribution in [0.1, 0.15) is 44.7 Å². The minimum absolute atomic E-state index is 0.0253. The Morgan fingerprint density at radius 2 is 1.89 bits per heavy atom. The van der Waals surface area contributed by atoms with Gasteiger partial charge in [0.05, 0.1) is 5.57 Å². The van der Waals surface area contributed by atoms with Crippen LogP contribution >= 0.6 is 0 Å². The molecule has 3 rings (SSSR count). The summed E-state index contributed by atoms with van der Waals surface area (Å²) in [5, 5.41) is 5.03. The van der Waals surface area contributed by atoms with E-state index in [1.54, 1.807) is 7.05 Å². The van der Waals surface area contributed by atoms with Gasteiger partial charge in [0.15, 0.2) is 0 Å². The number of rotatable bonds is 5. The highest BCUT2D eigenvalue weighted by Gasteiger charge is 2.61. The van der Waals surface area contributed by atoms with E-state index in [9.17, 15) is 13.6 Å². The molecule has 152 valence electrons. The van der Waals surface area contributed by atoms with E-state index in [4.69, 9.17) is 0 Å². The minimum Gasteiger partial charge on any atom is -0.311 e. The molecule has 2 aliphatic carbocycles. The van der Waals surface area contributed by atoms with Crippen molar-refractivity contribution >= 4 is 17.3 Å². The molecule has 1 saturated carbocycles. The Hall–Kier alpha value is -2.24. The fraction of sp³-hybridized carbons (Fsp3) is 0.545. The average Bonchev–Trinajstić information content (AvgIpc) is 3.18. The summed E-state index contributed by atoms with van der Waals surface area (Å²) in [5.41, 5.74) is 2.46. The van der Waals surface area contributed by atoms with Gasteiger partial charge in [-0.1, -0.05) is 39.5 Å². The number of likely N-dealkylation sites (N-methyl/N-ethyl adjacent to an activating group) is 1. The first-order valence-electron chi connectivity index (χ1n) is 9.57. The maximum atomic E-state index is 13.5. The van der Waals surface area contributed by atoms with Crippen molar-refractivity contribution in [3.8, 4) is 0 Å². The Bertz CT molecular complexity index is 859. The Morgan fingerprint density at radius 1 is 1.29 bits per heavy atom. The lowest BCUT2D eigenvalue weighted by Gasteiger charge is -2.25. The molecule has 0 saturated heterocycles. The number of amides is 1. The van der Waals surface area contributed by atoms with Gasteiger partial charge in [-0.2, -0.15) is 5.10 Å². The topological polar surface area (TPSA) is 35.9 Å². The molecule has 2 atom stereocenters. The summed E-state index contributed by atoms with van der Waals surface area (Å²) in [4.78, 5) is 14.5. The molecule has 0 bridgehead atoms. The van der Waals surface area contributed by atoms with Crippen molar-refractivity contribution in [1.29, 1.82) is 0 Å². The Labute approximate surface area is 165 Å². The standard InChI is InChI=1S/C22H29F2N3O/c1-13-11-22(13)12-21(3,4)15-9-8-10-16(17(15)22)27(7)20(28)14(2)18(19(23)24)25-26(5)6/h8-10,13,19H,2,11-12H2,1,3-7H3/b25-18+/t13?,22-/m0/s1. The fourth-order valence-electron chi connectivity index (χ4n) is 4.83. The van der Waals surface area contributed by atoms with Gasteiger partial charge in [0.2, 0.25) is 0 Å². The molecular weight excluding hydrogens is 360 g/mol. The second kappa shape index (κ2) is 6.68. The van der Waals surface area contributed by atoms with Gasteiger partial charge < -0.3 is 9.91 Å². The summed E-state index contributed by atoms with van der Waals surface area (Å²) < 4.78 is 26.9. The quantitative estimate of drug-likeness (QED) is 0.426. The van der Waals surface area contributed by atoms with E-state index in [1.807, 2.05) is 12.1 Å². The number of hydrogen-bond donors (Lipinski definition) is 0. The van der Waals surface area contributed by atoms with Crippen molar-refractivity contribution in [3.63, 3.8) is 0 Å². The predicted molar refractivity (Wildman–Crippen MR) is 109 cm³/mol. The third kappa shape index (κ3) is 3.12. The number of carbonyl (C=O) groups is 1. The van der Waals surface area contributed by atoms with Crippen molar-refractivity contribution in [2.75, 3.05) is 26.0 Å². The number of nitrogens with zero attached hydrogens (tertiary/aromatic N) is 3. The lowest BCUT2D eigenvalue weighted by Crippen LogP contribution is -2.34. The van der Waals surface area contributed by atoms with Gasteiger partial charge in [0.25, 0.3) is 12.3 Å². The van der Waals surface area contributed by atoms with E-state index < -0.39 is 18.0 Å². The van der Waals surface area contributed by atoms with Crippen LogP contribution in [0, 0.1) is 5.92 Å². The molecule has 0 heterocycles. The third-order valence-corrected chi connectivity index (χ3v) is 6.23. The molecule has 1 spiro atoms. The smallest absolute Gasteiger partial charge is 0.282 e. The number of carbonyl (C=O) groups excluding carboxylic acids is 1. The summed E-state index contributed by atoms with van der Waals surface area (Å²) in [7, 11) is 4.70. The zero-order valence-corrected chi connectivity index (χ0v) is 17.5. The van der Waals surface area contributed by atoms with Gasteiger partial charge in [-0.05, 0) is 41.4 Å². The van der Waals surface area contributed by atoms with Crippen LogP contribution in [0.4, 0.5) is 14.5 Å². The molecule has 1 unspecified atom stereocenters. The largest absolute Gasteiger partial charge is 0.311 e. The molecule has 0 radical (unpaired) electrons. The summed E-state index contributed by atoms with van der Waals surface area (Å²) in [6.45, 7) is 10.3. The number of hydrazone groups is 1. The first-order chi connectivity index (χ1) is 12.9. The summed E-state index contributed by atoms with van der Waals surface area (Å²) in [5.74, 6) is -0.00438. The van der Waals surface area contributed by atoms with E-state index >= 15 is 0 Å². The minimum atomic E-state index is -2.87. The van der Waals surface area contributed by atoms with Gasteiger partial charge in [-0.25, -0.2) is 8.78 Å². The second-order valence-electron chi connectivity index (χ2n) is 9.00. The maximum Gasteiger partial charge on any atom is 0.282 e. The number of hydrogen-bond acceptors (Lipinski definition) is 3. The van der Waals surface area contributed by atoms with Crippen LogP contribution < -0.4 is 4.90 Å². The van der Waals surface area contributed by atoms with Crippen molar-refractivity contribution in [2.45, 2.75) is 50.9 Å². The SMILES string of the molecule is C=C(C(=O)N(C)c1cccc2c1[C@@]1(CC1C)CC2(C)C)/C(=N\N(C)C)C(F)F. The van der Waals surface area contributed by atoms with Gasteiger partial charge in [0.1, 0.15) is 5.71 Å². The van der Waals surface area contributed by atoms with Crippen LogP contribution in [-0.2, 0) is 15.6 Å². The molecule has 4 nitrogen and oxygen atoms in total. The Morgan fingerprint density at radius 3 is 2.39 bits per heavy atom. The highest BCUT2D eigenvalue weighted by molar-refractivity contribution is 6.26. The van der Waals surface area contributed by atoms with E-state index in [0.717, 1.165) is 18.5 Å². The van der Waals surface area contributed by atoms with Gasteiger partial charge in [0, 0.05) is 32.2 Å². The number of alkyl halides is 2. The molecule has 0 N–H and O–H groups in total. The molecule has 1 amide bonds. The van der Waals surface area contributed by atoms with Gasteiger partial charge >= 0.3 is 0 Å². The average molecular weight is 389 g/mol. The van der Waals surface area contributed by atoms with Crippen LogP contribution in [-0.4, -0.2) is 44.2 Å². The van der Waals surface area contributed by atoms with E-state index in [2.05, 4.69) is 38.5 Å². The molecule has 1 aromatic carbocycles. The van der Waals surface area contributed by atoms with E-state index in [1.165, 1.54) is 35.1 Å². The van der Waals surface area contributed by atoms with Crippen LogP contribution in [0.25, 0.3) is 0 Å². The number of anilines is 1. The molecule has 28 heavy (non-hydrogen) atoms. The molecular formula is C22H29F2N3O. The van der Waals surface area contributed by atoms with Crippen LogP contribution in [0.3, 0.4) is 0 Å². The normalized spacial score (nSPS) is 25.0. The third-order valence-electron chi connectivity index (χ3n) is 6.23. The Kier molecular flexibility index (Phi) is 4.89. The predicted octanol–water partition coefficient (Wildman–Crippen LogP) is 4.35. The molecule has 1 aromatic rings. The van der Waals surface area contributed by atoms with Crippen molar-refractivity contribution < 1.29 is 13.6 Å². The molecule has 2 aliphatic rings.